The van der Waals surface area contributed by atoms with Gasteiger partial charge in [0.15, 0.2) is 11.7 Å². The molecule has 0 spiro atoms. The number of rotatable bonds is 3. The molecule has 0 saturated carbocycles. The smallest absolute Gasteiger partial charge is 0.236 e. The van der Waals surface area contributed by atoms with Gasteiger partial charge in [0.1, 0.15) is 11.3 Å². The second kappa shape index (κ2) is 3.66. The largest absolute Gasteiger partial charge is 0.456 e. The molecule has 1 atom stereocenters. The van der Waals surface area contributed by atoms with E-state index in [0.29, 0.717) is 11.1 Å². The Morgan fingerprint density at radius 2 is 2.47 bits per heavy atom. The lowest BCUT2D eigenvalue weighted by atomic mass is 10.2. The fraction of sp³-hybridized carbons (Fsp3) is 0.222. The molecule has 2 heterocycles. The van der Waals surface area contributed by atoms with E-state index in [1.807, 2.05) is 0 Å². The number of nitro groups is 1. The summed E-state index contributed by atoms with van der Waals surface area (Å²) in [4.78, 5) is 13.6. The highest BCUT2D eigenvalue weighted by molar-refractivity contribution is 5.72. The Morgan fingerprint density at radius 1 is 1.67 bits per heavy atom. The molecule has 78 valence electrons. The molecular weight excluding hydrogens is 200 g/mol. The summed E-state index contributed by atoms with van der Waals surface area (Å²) in [6.07, 6.45) is 0.357. The van der Waals surface area contributed by atoms with Crippen LogP contribution in [0.5, 0.6) is 0 Å². The highest BCUT2D eigenvalue weighted by Gasteiger charge is 2.18. The first-order chi connectivity index (χ1) is 7.16. The lowest BCUT2D eigenvalue weighted by molar-refractivity contribution is -0.492. The lowest BCUT2D eigenvalue weighted by Crippen LogP contribution is -2.10. The molecule has 15 heavy (non-hydrogen) atoms. The second-order valence-electron chi connectivity index (χ2n) is 3.07. The Kier molecular flexibility index (Phi) is 2.34. The van der Waals surface area contributed by atoms with Crippen LogP contribution in [0.3, 0.4) is 0 Å². The van der Waals surface area contributed by atoms with Crippen molar-refractivity contribution in [3.63, 3.8) is 0 Å². The van der Waals surface area contributed by atoms with E-state index in [4.69, 9.17) is 4.42 Å². The third-order valence-electron chi connectivity index (χ3n) is 1.96. The monoisotopic (exact) mass is 208 g/mol. The van der Waals surface area contributed by atoms with Crippen molar-refractivity contribution in [3.8, 4) is 0 Å². The molecule has 0 radical (unpaired) electrons. The number of hydrogen-bond acceptors (Lipinski definition) is 5. The van der Waals surface area contributed by atoms with Gasteiger partial charge in [0.25, 0.3) is 0 Å². The van der Waals surface area contributed by atoms with Gasteiger partial charge in [-0.15, -0.1) is 0 Å². The zero-order chi connectivity index (χ0) is 10.8. The minimum Gasteiger partial charge on any atom is -0.456 e. The first kappa shape index (κ1) is 9.60. The molecule has 0 bridgehead atoms. The molecule has 1 unspecified atom stereocenters. The Labute approximate surface area is 84.3 Å². The van der Waals surface area contributed by atoms with Crippen molar-refractivity contribution in [2.75, 3.05) is 6.54 Å². The van der Waals surface area contributed by atoms with Crippen LogP contribution in [0.2, 0.25) is 0 Å². The minimum atomic E-state index is -1.23. The Balaban J connectivity index is 2.32. The average molecular weight is 208 g/mol. The number of pyridine rings is 1. The second-order valence-corrected chi connectivity index (χ2v) is 3.07. The molecule has 0 saturated heterocycles. The van der Waals surface area contributed by atoms with Crippen LogP contribution in [0.1, 0.15) is 11.9 Å². The van der Waals surface area contributed by atoms with Gasteiger partial charge in [0, 0.05) is 17.2 Å². The molecule has 0 aliphatic heterocycles. The number of aliphatic hydroxyl groups is 1. The van der Waals surface area contributed by atoms with Crippen LogP contribution >= 0.6 is 0 Å². The summed E-state index contributed by atoms with van der Waals surface area (Å²) in [5.74, 6) is 0.167. The molecule has 2 rings (SSSR count). The number of nitrogens with zero attached hydrogens (tertiary/aromatic N) is 2. The van der Waals surface area contributed by atoms with Crippen molar-refractivity contribution in [2.45, 2.75) is 6.10 Å². The van der Waals surface area contributed by atoms with Crippen molar-refractivity contribution in [2.24, 2.45) is 0 Å². The lowest BCUT2D eigenvalue weighted by Gasteiger charge is -1.99. The molecule has 6 nitrogen and oxygen atoms in total. The molecule has 6 heteroatoms. The first-order valence-corrected chi connectivity index (χ1v) is 4.31. The van der Waals surface area contributed by atoms with Crippen LogP contribution in [0.15, 0.2) is 28.8 Å². The SMILES string of the molecule is O=[N+]([O-])CC(O)c1cc2ncccc2o1. The maximum Gasteiger partial charge on any atom is 0.236 e. The van der Waals surface area contributed by atoms with Gasteiger partial charge >= 0.3 is 0 Å². The van der Waals surface area contributed by atoms with Crippen LogP contribution in [-0.4, -0.2) is 21.6 Å². The van der Waals surface area contributed by atoms with Crippen LogP contribution in [0, 0.1) is 10.1 Å². The van der Waals surface area contributed by atoms with Gasteiger partial charge in [-0.05, 0) is 12.1 Å². The number of hydrogen-bond donors (Lipinski definition) is 1. The molecular formula is C9H8N2O4. The van der Waals surface area contributed by atoms with Gasteiger partial charge in [-0.25, -0.2) is 0 Å². The summed E-state index contributed by atoms with van der Waals surface area (Å²) in [6.45, 7) is -0.570. The Morgan fingerprint density at radius 3 is 3.13 bits per heavy atom. The number of fused-ring (bicyclic) bond motifs is 1. The minimum absolute atomic E-state index is 0.167. The van der Waals surface area contributed by atoms with Crippen LogP contribution in [0.25, 0.3) is 11.1 Å². The summed E-state index contributed by atoms with van der Waals surface area (Å²) in [5, 5.41) is 19.6. The Hall–Kier alpha value is -1.95. The first-order valence-electron chi connectivity index (χ1n) is 4.31. The molecule has 1 N–H and O–H groups in total. The van der Waals surface area contributed by atoms with Crippen LogP contribution < -0.4 is 0 Å². The van der Waals surface area contributed by atoms with Crippen LogP contribution in [0.4, 0.5) is 0 Å². The van der Waals surface area contributed by atoms with Gasteiger partial charge in [-0.2, -0.15) is 0 Å². The van der Waals surface area contributed by atoms with E-state index in [9.17, 15) is 15.2 Å². The average Bonchev–Trinajstić information content (AvgIpc) is 2.59. The zero-order valence-corrected chi connectivity index (χ0v) is 7.66. The maximum absolute atomic E-state index is 10.2. The van der Waals surface area contributed by atoms with E-state index in [0.717, 1.165) is 0 Å². The number of aliphatic hydroxyl groups excluding tert-OH is 1. The van der Waals surface area contributed by atoms with Crippen molar-refractivity contribution in [3.05, 3.63) is 40.3 Å². The third-order valence-corrected chi connectivity index (χ3v) is 1.96. The van der Waals surface area contributed by atoms with Gasteiger partial charge in [0.05, 0.1) is 0 Å². The molecule has 0 aliphatic carbocycles. The number of furan rings is 1. The van der Waals surface area contributed by atoms with Crippen molar-refractivity contribution < 1.29 is 14.4 Å². The van der Waals surface area contributed by atoms with Gasteiger partial charge in [-0.1, -0.05) is 0 Å². The summed E-state index contributed by atoms with van der Waals surface area (Å²) >= 11 is 0. The van der Waals surface area contributed by atoms with Crippen LogP contribution in [-0.2, 0) is 0 Å². The van der Waals surface area contributed by atoms with Gasteiger partial charge in [-0.3, -0.25) is 15.1 Å². The summed E-state index contributed by atoms with van der Waals surface area (Å²) in [6, 6.07) is 4.88. The molecule has 2 aromatic rings. The number of aromatic nitrogens is 1. The van der Waals surface area contributed by atoms with Gasteiger partial charge in [0.2, 0.25) is 6.54 Å². The summed E-state index contributed by atoms with van der Waals surface area (Å²) < 4.78 is 5.21. The fourth-order valence-electron chi connectivity index (χ4n) is 1.28. The highest BCUT2D eigenvalue weighted by atomic mass is 16.6. The third kappa shape index (κ3) is 1.94. The van der Waals surface area contributed by atoms with E-state index >= 15 is 0 Å². The van der Waals surface area contributed by atoms with Crippen molar-refractivity contribution in [1.82, 2.24) is 4.98 Å². The van der Waals surface area contributed by atoms with E-state index in [2.05, 4.69) is 4.98 Å². The highest BCUT2D eigenvalue weighted by Crippen LogP contribution is 2.22. The zero-order valence-electron chi connectivity index (χ0n) is 7.66. The quantitative estimate of drug-likeness (QED) is 0.603. The van der Waals surface area contributed by atoms with Crippen molar-refractivity contribution in [1.29, 1.82) is 0 Å². The molecule has 2 aromatic heterocycles. The summed E-state index contributed by atoms with van der Waals surface area (Å²) in [5.41, 5.74) is 1.09. The Bertz CT molecular complexity index is 461. The molecule has 0 fully saturated rings. The van der Waals surface area contributed by atoms with Crippen molar-refractivity contribution >= 4 is 11.1 Å². The van der Waals surface area contributed by atoms with E-state index in [1.165, 1.54) is 6.07 Å². The molecule has 0 amide bonds. The topological polar surface area (TPSA) is 89.4 Å². The van der Waals surface area contributed by atoms with E-state index < -0.39 is 17.6 Å². The fourth-order valence-corrected chi connectivity index (χ4v) is 1.28. The summed E-state index contributed by atoms with van der Waals surface area (Å²) in [7, 11) is 0. The standard InChI is InChI=1S/C9H8N2O4/c12-7(5-11(13)14)9-4-6-8(15-9)2-1-3-10-6/h1-4,7,12H,5H2. The molecule has 0 aliphatic rings. The molecule has 0 aromatic carbocycles. The van der Waals surface area contributed by atoms with E-state index in [-0.39, 0.29) is 5.76 Å². The predicted molar refractivity (Wildman–Crippen MR) is 50.8 cm³/mol. The normalized spacial score (nSPS) is 12.9. The predicted octanol–water partition coefficient (Wildman–Crippen LogP) is 1.14. The maximum atomic E-state index is 10.2. The van der Waals surface area contributed by atoms with Gasteiger partial charge < -0.3 is 9.52 Å². The van der Waals surface area contributed by atoms with E-state index in [1.54, 1.807) is 18.3 Å².